The zero-order chi connectivity index (χ0) is 11.5. The van der Waals surface area contributed by atoms with Gasteiger partial charge in [-0.1, -0.05) is 0 Å². The van der Waals surface area contributed by atoms with Crippen LogP contribution in [0.3, 0.4) is 0 Å². The summed E-state index contributed by atoms with van der Waals surface area (Å²) >= 11 is 1.77. The highest BCUT2D eigenvalue weighted by Crippen LogP contribution is 2.51. The number of carboxylic acids is 1. The number of hydrogen-bond acceptors (Lipinski definition) is 3. The number of carbonyl (C=O) groups is 1. The monoisotopic (exact) mass is 232 g/mol. The molecule has 0 heterocycles. The van der Waals surface area contributed by atoms with E-state index in [1.165, 1.54) is 0 Å². The van der Waals surface area contributed by atoms with Crippen molar-refractivity contribution < 1.29 is 15.0 Å². The summed E-state index contributed by atoms with van der Waals surface area (Å²) in [5.41, 5.74) is -0.521. The Morgan fingerprint density at radius 1 is 1.47 bits per heavy atom. The van der Waals surface area contributed by atoms with Gasteiger partial charge in [-0.15, -0.1) is 0 Å². The van der Waals surface area contributed by atoms with E-state index in [0.29, 0.717) is 6.42 Å². The van der Waals surface area contributed by atoms with E-state index in [9.17, 15) is 9.90 Å². The van der Waals surface area contributed by atoms with Crippen LogP contribution in [-0.2, 0) is 4.79 Å². The highest BCUT2D eigenvalue weighted by Gasteiger charge is 2.43. The van der Waals surface area contributed by atoms with Gasteiger partial charge in [-0.25, -0.2) is 0 Å². The van der Waals surface area contributed by atoms with E-state index in [0.717, 1.165) is 30.8 Å². The summed E-state index contributed by atoms with van der Waals surface area (Å²) in [6.45, 7) is 3.61. The SMILES string of the molecule is CC(C)(O)CCSCC1(CC(=O)O)CC1. The van der Waals surface area contributed by atoms with Gasteiger partial charge < -0.3 is 10.2 Å². The van der Waals surface area contributed by atoms with Gasteiger partial charge in [0.05, 0.1) is 12.0 Å². The minimum atomic E-state index is -0.685. The second-order valence-corrected chi connectivity index (χ2v) is 6.29. The van der Waals surface area contributed by atoms with Crippen molar-refractivity contribution in [2.75, 3.05) is 11.5 Å². The summed E-state index contributed by atoms with van der Waals surface area (Å²) in [7, 11) is 0. The van der Waals surface area contributed by atoms with E-state index in [4.69, 9.17) is 5.11 Å². The minimum Gasteiger partial charge on any atom is -0.481 e. The Kier molecular flexibility index (Phi) is 4.06. The summed E-state index contributed by atoms with van der Waals surface area (Å²) in [5.74, 6) is 1.15. The number of hydrogen-bond donors (Lipinski definition) is 2. The van der Waals surface area contributed by atoms with Crippen molar-refractivity contribution in [3.05, 3.63) is 0 Å². The van der Waals surface area contributed by atoms with Crippen LogP contribution in [-0.4, -0.2) is 33.3 Å². The Morgan fingerprint density at radius 3 is 2.47 bits per heavy atom. The van der Waals surface area contributed by atoms with Crippen LogP contribution >= 0.6 is 11.8 Å². The Balaban J connectivity index is 2.12. The second-order valence-electron chi connectivity index (χ2n) is 5.19. The molecule has 0 aromatic heterocycles. The smallest absolute Gasteiger partial charge is 0.303 e. The molecule has 3 nitrogen and oxygen atoms in total. The lowest BCUT2D eigenvalue weighted by Crippen LogP contribution is -2.19. The summed E-state index contributed by atoms with van der Waals surface area (Å²) in [5, 5.41) is 18.2. The van der Waals surface area contributed by atoms with E-state index in [1.54, 1.807) is 25.6 Å². The van der Waals surface area contributed by atoms with Gasteiger partial charge in [0.1, 0.15) is 0 Å². The van der Waals surface area contributed by atoms with Crippen LogP contribution in [0.4, 0.5) is 0 Å². The van der Waals surface area contributed by atoms with Crippen molar-refractivity contribution in [2.24, 2.45) is 5.41 Å². The first-order valence-corrected chi connectivity index (χ1v) is 6.50. The molecule has 1 rings (SSSR count). The summed E-state index contributed by atoms with van der Waals surface area (Å²) in [6.07, 6.45) is 3.17. The van der Waals surface area contributed by atoms with Crippen LogP contribution in [0.1, 0.15) is 39.5 Å². The van der Waals surface area contributed by atoms with Crippen LogP contribution in [0.2, 0.25) is 0 Å². The van der Waals surface area contributed by atoms with Crippen molar-refractivity contribution in [1.29, 1.82) is 0 Å². The molecule has 2 N–H and O–H groups in total. The van der Waals surface area contributed by atoms with Crippen molar-refractivity contribution in [3.63, 3.8) is 0 Å². The molecule has 0 spiro atoms. The molecule has 15 heavy (non-hydrogen) atoms. The Labute approximate surface area is 95.3 Å². The molecular formula is C11H20O3S. The lowest BCUT2D eigenvalue weighted by molar-refractivity contribution is -0.138. The normalized spacial score (nSPS) is 18.9. The molecule has 4 heteroatoms. The lowest BCUT2D eigenvalue weighted by Gasteiger charge is -2.17. The maximum atomic E-state index is 10.6. The standard InChI is InChI=1S/C11H20O3S/c1-10(2,14)5-6-15-8-11(3-4-11)7-9(12)13/h14H,3-8H2,1-2H3,(H,12,13). The van der Waals surface area contributed by atoms with Crippen molar-refractivity contribution >= 4 is 17.7 Å². The molecule has 0 bridgehead atoms. The minimum absolute atomic E-state index is 0.0795. The molecule has 0 radical (unpaired) electrons. The first-order chi connectivity index (χ1) is 6.83. The highest BCUT2D eigenvalue weighted by atomic mass is 32.2. The average molecular weight is 232 g/mol. The first-order valence-electron chi connectivity index (χ1n) is 5.35. The van der Waals surface area contributed by atoms with Crippen molar-refractivity contribution in [3.8, 4) is 0 Å². The van der Waals surface area contributed by atoms with E-state index < -0.39 is 11.6 Å². The van der Waals surface area contributed by atoms with Gasteiger partial charge in [0.2, 0.25) is 0 Å². The van der Waals surface area contributed by atoms with E-state index >= 15 is 0 Å². The van der Waals surface area contributed by atoms with Crippen molar-refractivity contribution in [2.45, 2.75) is 45.1 Å². The molecular weight excluding hydrogens is 212 g/mol. The number of carboxylic acid groups (broad SMARTS) is 1. The molecule has 88 valence electrons. The molecule has 1 fully saturated rings. The van der Waals surface area contributed by atoms with E-state index in [-0.39, 0.29) is 5.41 Å². The zero-order valence-corrected chi connectivity index (χ0v) is 10.3. The van der Waals surface area contributed by atoms with Gasteiger partial charge in [-0.2, -0.15) is 11.8 Å². The maximum absolute atomic E-state index is 10.6. The number of aliphatic carboxylic acids is 1. The van der Waals surface area contributed by atoms with Gasteiger partial charge >= 0.3 is 5.97 Å². The fourth-order valence-corrected chi connectivity index (χ4v) is 3.09. The topological polar surface area (TPSA) is 57.5 Å². The Hall–Kier alpha value is -0.220. The van der Waals surface area contributed by atoms with Gasteiger partial charge in [0.25, 0.3) is 0 Å². The molecule has 1 aliphatic carbocycles. The largest absolute Gasteiger partial charge is 0.481 e. The number of rotatable bonds is 7. The molecule has 0 aromatic rings. The highest BCUT2D eigenvalue weighted by molar-refractivity contribution is 7.99. The summed E-state index contributed by atoms with van der Waals surface area (Å²) < 4.78 is 0. The Morgan fingerprint density at radius 2 is 2.07 bits per heavy atom. The quantitative estimate of drug-likeness (QED) is 0.660. The second kappa shape index (κ2) is 4.74. The third-order valence-corrected chi connectivity index (χ3v) is 4.06. The van der Waals surface area contributed by atoms with Crippen LogP contribution in [0.5, 0.6) is 0 Å². The zero-order valence-electron chi connectivity index (χ0n) is 9.45. The van der Waals surface area contributed by atoms with Crippen LogP contribution in [0.15, 0.2) is 0 Å². The average Bonchev–Trinajstić information content (AvgIpc) is 2.76. The van der Waals surface area contributed by atoms with Gasteiger partial charge in [0.15, 0.2) is 0 Å². The predicted molar refractivity (Wildman–Crippen MR) is 62.2 cm³/mol. The molecule has 0 atom stereocenters. The predicted octanol–water partition coefficient (Wildman–Crippen LogP) is 2.14. The van der Waals surface area contributed by atoms with Gasteiger partial charge in [-0.05, 0) is 50.0 Å². The van der Waals surface area contributed by atoms with Crippen molar-refractivity contribution in [1.82, 2.24) is 0 Å². The van der Waals surface area contributed by atoms with Crippen LogP contribution in [0.25, 0.3) is 0 Å². The van der Waals surface area contributed by atoms with Crippen LogP contribution < -0.4 is 0 Å². The fraction of sp³-hybridized carbons (Fsp3) is 0.909. The van der Waals surface area contributed by atoms with Crippen LogP contribution in [0, 0.1) is 5.41 Å². The van der Waals surface area contributed by atoms with Gasteiger partial charge in [-0.3, -0.25) is 4.79 Å². The Bertz CT molecular complexity index is 228. The maximum Gasteiger partial charge on any atom is 0.303 e. The first kappa shape index (κ1) is 12.8. The third kappa shape index (κ3) is 5.42. The molecule has 0 amide bonds. The molecule has 0 saturated heterocycles. The molecule has 1 aliphatic rings. The molecule has 1 saturated carbocycles. The number of aliphatic hydroxyl groups is 1. The molecule has 0 unspecified atom stereocenters. The summed E-state index contributed by atoms with van der Waals surface area (Å²) in [6, 6.07) is 0. The van der Waals surface area contributed by atoms with Gasteiger partial charge in [0, 0.05) is 0 Å². The molecule has 0 aliphatic heterocycles. The van der Waals surface area contributed by atoms with E-state index in [2.05, 4.69) is 0 Å². The van der Waals surface area contributed by atoms with E-state index in [1.807, 2.05) is 0 Å². The summed E-state index contributed by atoms with van der Waals surface area (Å²) in [4.78, 5) is 10.6. The third-order valence-electron chi connectivity index (χ3n) is 2.75. The lowest BCUT2D eigenvalue weighted by atomic mass is 10.1. The fourth-order valence-electron chi connectivity index (χ4n) is 1.48. The number of thioether (sulfide) groups is 1. The molecule has 0 aromatic carbocycles.